The molecule has 0 spiro atoms. The summed E-state index contributed by atoms with van der Waals surface area (Å²) in [5.74, 6) is 0. The van der Waals surface area contributed by atoms with Crippen molar-refractivity contribution in [3.8, 4) is 0 Å². The van der Waals surface area contributed by atoms with Crippen molar-refractivity contribution in [1.82, 2.24) is 0 Å². The van der Waals surface area contributed by atoms with Gasteiger partial charge in [0, 0.05) is 11.4 Å². The minimum atomic E-state index is 1.12. The van der Waals surface area contributed by atoms with Gasteiger partial charge in [-0.3, -0.25) is 4.99 Å². The molecule has 0 bridgehead atoms. The Hall–Kier alpha value is -1.89. The standard InChI is InChI=1S/C14H13N/c1-3-11-8-12-6-4-5-7-13(12)9-14(11)10-15-2/h3-10H,2H2,1H3/b11-3-,14-10-. The summed E-state index contributed by atoms with van der Waals surface area (Å²) in [5, 5.41) is 4.80. The summed E-state index contributed by atoms with van der Waals surface area (Å²) in [6.07, 6.45) is 3.88. The van der Waals surface area contributed by atoms with Crippen LogP contribution in [0, 0.1) is 0 Å². The molecule has 0 aromatic heterocycles. The first-order valence-corrected chi connectivity index (χ1v) is 4.96. The number of nitrogens with zero attached hydrogens (tertiary/aromatic N) is 1. The van der Waals surface area contributed by atoms with E-state index in [4.69, 9.17) is 0 Å². The Bertz CT molecular complexity index is 609. The Morgan fingerprint density at radius 2 is 1.67 bits per heavy atom. The van der Waals surface area contributed by atoms with E-state index < -0.39 is 0 Å². The van der Waals surface area contributed by atoms with Gasteiger partial charge in [0.05, 0.1) is 0 Å². The Balaban J connectivity index is 2.94. The summed E-state index contributed by atoms with van der Waals surface area (Å²) in [7, 11) is 0. The zero-order valence-electron chi connectivity index (χ0n) is 8.77. The zero-order chi connectivity index (χ0) is 10.7. The number of fused-ring (bicyclic) bond motifs is 1. The molecular weight excluding hydrogens is 182 g/mol. The lowest BCUT2D eigenvalue weighted by Crippen LogP contribution is -2.23. The van der Waals surface area contributed by atoms with E-state index in [-0.39, 0.29) is 0 Å². The van der Waals surface area contributed by atoms with Crippen molar-refractivity contribution in [1.29, 1.82) is 0 Å². The van der Waals surface area contributed by atoms with E-state index in [1.807, 2.05) is 13.0 Å². The molecule has 0 radical (unpaired) electrons. The summed E-state index contributed by atoms with van der Waals surface area (Å²) in [6.45, 7) is 5.52. The number of hydrogen-bond acceptors (Lipinski definition) is 1. The lowest BCUT2D eigenvalue weighted by Gasteiger charge is -1.97. The van der Waals surface area contributed by atoms with Crippen LogP contribution in [-0.2, 0) is 0 Å². The third-order valence-corrected chi connectivity index (χ3v) is 2.49. The van der Waals surface area contributed by atoms with Gasteiger partial charge in [-0.25, -0.2) is 0 Å². The van der Waals surface area contributed by atoms with Crippen molar-refractivity contribution in [3.05, 3.63) is 46.8 Å². The molecule has 74 valence electrons. The second kappa shape index (κ2) is 4.09. The van der Waals surface area contributed by atoms with Gasteiger partial charge in [0.15, 0.2) is 0 Å². The van der Waals surface area contributed by atoms with Gasteiger partial charge >= 0.3 is 0 Å². The quantitative estimate of drug-likeness (QED) is 0.618. The van der Waals surface area contributed by atoms with Crippen molar-refractivity contribution in [2.45, 2.75) is 6.92 Å². The van der Waals surface area contributed by atoms with Gasteiger partial charge in [-0.1, -0.05) is 30.3 Å². The number of rotatable bonds is 1. The summed E-state index contributed by atoms with van der Waals surface area (Å²) in [6, 6.07) is 12.6. The van der Waals surface area contributed by atoms with Crippen LogP contribution in [-0.4, -0.2) is 6.72 Å². The van der Waals surface area contributed by atoms with Crippen LogP contribution in [0.15, 0.2) is 41.4 Å². The molecule has 0 saturated heterocycles. The lowest BCUT2D eigenvalue weighted by molar-refractivity contribution is 1.52. The maximum atomic E-state index is 3.83. The normalized spacial score (nSPS) is 13.4. The highest BCUT2D eigenvalue weighted by Crippen LogP contribution is 2.07. The maximum Gasteiger partial charge on any atom is 0.0339 e. The Morgan fingerprint density at radius 3 is 2.20 bits per heavy atom. The molecule has 2 rings (SSSR count). The van der Waals surface area contributed by atoms with Crippen LogP contribution < -0.4 is 10.4 Å². The average molecular weight is 195 g/mol. The molecule has 0 saturated carbocycles. The number of aliphatic imine (C=N–C) groups is 1. The van der Waals surface area contributed by atoms with Gasteiger partial charge in [0.1, 0.15) is 0 Å². The van der Waals surface area contributed by atoms with Gasteiger partial charge < -0.3 is 0 Å². The largest absolute Gasteiger partial charge is 0.272 e. The van der Waals surface area contributed by atoms with Crippen molar-refractivity contribution in [3.63, 3.8) is 0 Å². The highest BCUT2D eigenvalue weighted by molar-refractivity contribution is 5.82. The topological polar surface area (TPSA) is 12.4 Å². The van der Waals surface area contributed by atoms with Gasteiger partial charge in [-0.2, -0.15) is 0 Å². The molecule has 0 N–H and O–H groups in total. The van der Waals surface area contributed by atoms with Crippen LogP contribution in [0.5, 0.6) is 0 Å². The molecule has 2 aromatic rings. The molecule has 0 aliphatic heterocycles. The molecule has 0 amide bonds. The van der Waals surface area contributed by atoms with Crippen LogP contribution in [0.25, 0.3) is 23.0 Å². The number of hydrogen-bond donors (Lipinski definition) is 0. The molecule has 0 aliphatic carbocycles. The first kappa shape index (κ1) is 9.66. The van der Waals surface area contributed by atoms with Crippen LogP contribution >= 0.6 is 0 Å². The molecule has 0 unspecified atom stereocenters. The Kier molecular flexibility index (Phi) is 2.64. The van der Waals surface area contributed by atoms with Crippen LogP contribution in [0.2, 0.25) is 0 Å². The first-order valence-electron chi connectivity index (χ1n) is 4.96. The maximum absolute atomic E-state index is 3.83. The van der Waals surface area contributed by atoms with Crippen LogP contribution in [0.3, 0.4) is 0 Å². The van der Waals surface area contributed by atoms with Gasteiger partial charge in [0.2, 0.25) is 0 Å². The molecular formula is C14H13N. The third kappa shape index (κ3) is 1.82. The molecule has 0 heterocycles. The molecule has 0 fully saturated rings. The van der Waals surface area contributed by atoms with E-state index in [0.29, 0.717) is 0 Å². The van der Waals surface area contributed by atoms with E-state index in [2.05, 4.69) is 48.1 Å². The highest BCUT2D eigenvalue weighted by atomic mass is 14.6. The Morgan fingerprint density at radius 1 is 1.07 bits per heavy atom. The van der Waals surface area contributed by atoms with E-state index in [9.17, 15) is 0 Å². The van der Waals surface area contributed by atoms with Crippen molar-refractivity contribution in [2.24, 2.45) is 4.99 Å². The minimum Gasteiger partial charge on any atom is -0.272 e. The summed E-state index contributed by atoms with van der Waals surface area (Å²) in [4.78, 5) is 3.83. The third-order valence-electron chi connectivity index (χ3n) is 2.49. The van der Waals surface area contributed by atoms with Crippen LogP contribution in [0.4, 0.5) is 0 Å². The van der Waals surface area contributed by atoms with E-state index in [0.717, 1.165) is 5.22 Å². The molecule has 0 aliphatic rings. The average Bonchev–Trinajstić information content (AvgIpc) is 2.28. The summed E-state index contributed by atoms with van der Waals surface area (Å²) < 4.78 is 0. The second-order valence-corrected chi connectivity index (χ2v) is 3.43. The smallest absolute Gasteiger partial charge is 0.0339 e. The van der Waals surface area contributed by atoms with E-state index in [1.54, 1.807) is 6.20 Å². The van der Waals surface area contributed by atoms with Gasteiger partial charge in [-0.05, 0) is 41.8 Å². The minimum absolute atomic E-state index is 1.12. The molecule has 15 heavy (non-hydrogen) atoms. The first-order chi connectivity index (χ1) is 7.35. The molecule has 1 nitrogen and oxygen atoms in total. The fourth-order valence-electron chi connectivity index (χ4n) is 1.74. The van der Waals surface area contributed by atoms with E-state index in [1.165, 1.54) is 16.0 Å². The fourth-order valence-corrected chi connectivity index (χ4v) is 1.74. The highest BCUT2D eigenvalue weighted by Gasteiger charge is 1.92. The van der Waals surface area contributed by atoms with Gasteiger partial charge in [0.25, 0.3) is 0 Å². The van der Waals surface area contributed by atoms with Crippen molar-refractivity contribution in [2.75, 3.05) is 0 Å². The van der Waals surface area contributed by atoms with Crippen molar-refractivity contribution >= 4 is 29.8 Å². The number of benzene rings is 2. The summed E-state index contributed by atoms with van der Waals surface area (Å²) in [5.41, 5.74) is 0. The van der Waals surface area contributed by atoms with Crippen molar-refractivity contribution < 1.29 is 0 Å². The predicted molar refractivity (Wildman–Crippen MR) is 67.4 cm³/mol. The van der Waals surface area contributed by atoms with Crippen LogP contribution in [0.1, 0.15) is 6.92 Å². The predicted octanol–water partition coefficient (Wildman–Crippen LogP) is 2.08. The molecule has 1 heteroatoms. The fraction of sp³-hybridized carbons (Fsp3) is 0.0714. The SMILES string of the molecule is C=N/C=c1/cc2ccccc2c/c1=C/C. The van der Waals surface area contributed by atoms with E-state index >= 15 is 0 Å². The van der Waals surface area contributed by atoms with Gasteiger partial charge in [-0.15, -0.1) is 0 Å². The Labute approximate surface area is 89.1 Å². The zero-order valence-corrected chi connectivity index (χ0v) is 8.77. The monoisotopic (exact) mass is 195 g/mol. The summed E-state index contributed by atoms with van der Waals surface area (Å²) >= 11 is 0. The molecule has 2 aromatic carbocycles. The second-order valence-electron chi connectivity index (χ2n) is 3.43. The lowest BCUT2D eigenvalue weighted by atomic mass is 10.1. The molecule has 0 atom stereocenters.